The number of halogens is 3. The molecule has 4 aromatic rings. The van der Waals surface area contributed by atoms with E-state index in [9.17, 15) is 18.4 Å². The number of hydrogen-bond acceptors (Lipinski definition) is 3. The molecule has 0 unspecified atom stereocenters. The SMILES string of the molecule is N#Cc1ccccc1-c1ccc(F)c(-c2cnc3nc(C(F)F)ccn23)c1. The van der Waals surface area contributed by atoms with Crippen molar-refractivity contribution in [3.8, 4) is 28.5 Å². The summed E-state index contributed by atoms with van der Waals surface area (Å²) in [6, 6.07) is 14.8. The quantitative estimate of drug-likeness (QED) is 0.513. The van der Waals surface area contributed by atoms with E-state index in [1.165, 1.54) is 28.9 Å². The van der Waals surface area contributed by atoms with Crippen LogP contribution in [0.5, 0.6) is 0 Å². The van der Waals surface area contributed by atoms with E-state index < -0.39 is 17.9 Å². The second kappa shape index (κ2) is 6.57. The first kappa shape index (κ1) is 16.8. The first-order valence-corrected chi connectivity index (χ1v) is 8.00. The third-order valence-corrected chi connectivity index (χ3v) is 4.23. The summed E-state index contributed by atoms with van der Waals surface area (Å²) in [4.78, 5) is 7.81. The van der Waals surface area contributed by atoms with Crippen LogP contribution in [0, 0.1) is 17.1 Å². The van der Waals surface area contributed by atoms with Crippen LogP contribution in [0.3, 0.4) is 0 Å². The normalized spacial score (nSPS) is 11.1. The Morgan fingerprint density at radius 2 is 1.85 bits per heavy atom. The Labute approximate surface area is 152 Å². The van der Waals surface area contributed by atoms with Crippen molar-refractivity contribution in [2.75, 3.05) is 0 Å². The lowest BCUT2D eigenvalue weighted by Crippen LogP contribution is -1.97. The van der Waals surface area contributed by atoms with Gasteiger partial charge in [0.15, 0.2) is 0 Å². The fraction of sp³-hybridized carbons (Fsp3) is 0.0500. The number of imidazole rings is 1. The summed E-state index contributed by atoms with van der Waals surface area (Å²) in [6.07, 6.45) is 0.0648. The average molecular weight is 364 g/mol. The van der Waals surface area contributed by atoms with E-state index in [1.807, 2.05) is 0 Å². The Hall–Kier alpha value is -3.66. The van der Waals surface area contributed by atoms with Gasteiger partial charge in [-0.3, -0.25) is 4.40 Å². The molecule has 4 rings (SSSR count). The Morgan fingerprint density at radius 3 is 2.63 bits per heavy atom. The summed E-state index contributed by atoms with van der Waals surface area (Å²) in [5.41, 5.74) is 2.03. The van der Waals surface area contributed by atoms with Crippen LogP contribution in [0.25, 0.3) is 28.2 Å². The molecule has 0 spiro atoms. The molecule has 0 aliphatic carbocycles. The fourth-order valence-corrected chi connectivity index (χ4v) is 2.93. The van der Waals surface area contributed by atoms with Gasteiger partial charge >= 0.3 is 0 Å². The molecule has 0 aliphatic heterocycles. The van der Waals surface area contributed by atoms with Gasteiger partial charge in [0.05, 0.1) is 23.5 Å². The minimum Gasteiger partial charge on any atom is -0.284 e. The topological polar surface area (TPSA) is 54.0 Å². The van der Waals surface area contributed by atoms with E-state index in [0.717, 1.165) is 0 Å². The second-order valence-electron chi connectivity index (χ2n) is 5.82. The number of fused-ring (bicyclic) bond motifs is 1. The number of alkyl halides is 2. The summed E-state index contributed by atoms with van der Waals surface area (Å²) in [5, 5.41) is 9.29. The molecule has 0 fully saturated rings. The second-order valence-corrected chi connectivity index (χ2v) is 5.82. The van der Waals surface area contributed by atoms with Gasteiger partial charge in [0.1, 0.15) is 11.5 Å². The van der Waals surface area contributed by atoms with E-state index in [-0.39, 0.29) is 11.3 Å². The highest BCUT2D eigenvalue weighted by Crippen LogP contribution is 2.31. The van der Waals surface area contributed by atoms with Crippen molar-refractivity contribution in [1.82, 2.24) is 14.4 Å². The first-order chi connectivity index (χ1) is 13.1. The number of hydrogen-bond donors (Lipinski definition) is 0. The van der Waals surface area contributed by atoms with Crippen molar-refractivity contribution in [3.05, 3.63) is 78.0 Å². The average Bonchev–Trinajstić information content (AvgIpc) is 3.11. The van der Waals surface area contributed by atoms with E-state index in [0.29, 0.717) is 22.4 Å². The summed E-state index contributed by atoms with van der Waals surface area (Å²) in [5.74, 6) is -0.432. The Balaban J connectivity index is 1.88. The van der Waals surface area contributed by atoms with Crippen LogP contribution in [0.2, 0.25) is 0 Å². The molecule has 2 aromatic carbocycles. The number of aromatic nitrogens is 3. The molecule has 0 bridgehead atoms. The van der Waals surface area contributed by atoms with Crippen molar-refractivity contribution in [2.45, 2.75) is 6.43 Å². The van der Waals surface area contributed by atoms with Gasteiger partial charge < -0.3 is 0 Å². The van der Waals surface area contributed by atoms with Crippen LogP contribution >= 0.6 is 0 Å². The summed E-state index contributed by atoms with van der Waals surface area (Å²) < 4.78 is 41.6. The Kier molecular flexibility index (Phi) is 4.09. The molecular weight excluding hydrogens is 353 g/mol. The molecule has 0 atom stereocenters. The maximum atomic E-state index is 14.5. The van der Waals surface area contributed by atoms with Gasteiger partial charge in [0.25, 0.3) is 6.43 Å². The van der Waals surface area contributed by atoms with E-state index >= 15 is 0 Å². The monoisotopic (exact) mass is 364 g/mol. The van der Waals surface area contributed by atoms with Gasteiger partial charge in [-0.2, -0.15) is 5.26 Å². The molecule has 7 heteroatoms. The fourth-order valence-electron chi connectivity index (χ4n) is 2.93. The third-order valence-electron chi connectivity index (χ3n) is 4.23. The van der Waals surface area contributed by atoms with Crippen LogP contribution < -0.4 is 0 Å². The van der Waals surface area contributed by atoms with Crippen molar-refractivity contribution in [1.29, 1.82) is 5.26 Å². The maximum Gasteiger partial charge on any atom is 0.280 e. The molecule has 0 N–H and O–H groups in total. The molecule has 4 nitrogen and oxygen atoms in total. The number of rotatable bonds is 3. The predicted octanol–water partition coefficient (Wildman–Crippen LogP) is 5.01. The van der Waals surface area contributed by atoms with Gasteiger partial charge in [-0.05, 0) is 35.4 Å². The van der Waals surface area contributed by atoms with Gasteiger partial charge in [-0.25, -0.2) is 23.1 Å². The molecule has 132 valence electrons. The lowest BCUT2D eigenvalue weighted by atomic mass is 9.97. The van der Waals surface area contributed by atoms with Gasteiger partial charge in [-0.1, -0.05) is 24.3 Å². The molecule has 0 saturated heterocycles. The predicted molar refractivity (Wildman–Crippen MR) is 93.5 cm³/mol. The van der Waals surface area contributed by atoms with Crippen LogP contribution in [-0.2, 0) is 0 Å². The van der Waals surface area contributed by atoms with Gasteiger partial charge in [0.2, 0.25) is 5.78 Å². The molecular formula is C20H11F3N4. The molecule has 27 heavy (non-hydrogen) atoms. The highest BCUT2D eigenvalue weighted by Gasteiger charge is 2.16. The maximum absolute atomic E-state index is 14.5. The van der Waals surface area contributed by atoms with Crippen LogP contribution in [-0.4, -0.2) is 14.4 Å². The minimum atomic E-state index is -2.71. The molecule has 0 aliphatic rings. The van der Waals surface area contributed by atoms with E-state index in [4.69, 9.17) is 0 Å². The molecule has 2 aromatic heterocycles. The standard InChI is InChI=1S/C20H11F3N4/c21-16-6-5-12(14-4-2-1-3-13(14)10-24)9-15(16)18-11-25-20-26-17(19(22)23)7-8-27(18)20/h1-9,11,19H. The van der Waals surface area contributed by atoms with Crippen LogP contribution in [0.1, 0.15) is 17.7 Å². The molecule has 0 amide bonds. The minimum absolute atomic E-state index is 0.0602. The number of nitrogens with zero attached hydrogens (tertiary/aromatic N) is 4. The van der Waals surface area contributed by atoms with Gasteiger partial charge in [-0.15, -0.1) is 0 Å². The highest BCUT2D eigenvalue weighted by molar-refractivity contribution is 5.76. The molecule has 0 radical (unpaired) electrons. The zero-order valence-corrected chi connectivity index (χ0v) is 13.8. The molecule has 0 saturated carbocycles. The lowest BCUT2D eigenvalue weighted by molar-refractivity contribution is 0.146. The van der Waals surface area contributed by atoms with Crippen molar-refractivity contribution in [2.24, 2.45) is 0 Å². The van der Waals surface area contributed by atoms with E-state index in [2.05, 4.69) is 16.0 Å². The number of benzene rings is 2. The zero-order valence-electron chi connectivity index (χ0n) is 13.8. The largest absolute Gasteiger partial charge is 0.284 e. The van der Waals surface area contributed by atoms with Crippen LogP contribution in [0.4, 0.5) is 13.2 Å². The van der Waals surface area contributed by atoms with Gasteiger partial charge in [0, 0.05) is 11.8 Å². The summed E-state index contributed by atoms with van der Waals surface area (Å²) in [6.45, 7) is 0. The highest BCUT2D eigenvalue weighted by atomic mass is 19.3. The first-order valence-electron chi connectivity index (χ1n) is 8.00. The lowest BCUT2D eigenvalue weighted by Gasteiger charge is -2.09. The summed E-state index contributed by atoms with van der Waals surface area (Å²) >= 11 is 0. The summed E-state index contributed by atoms with van der Waals surface area (Å²) in [7, 11) is 0. The molecule has 2 heterocycles. The number of nitriles is 1. The van der Waals surface area contributed by atoms with Crippen LogP contribution in [0.15, 0.2) is 60.9 Å². The zero-order chi connectivity index (χ0) is 19.0. The van der Waals surface area contributed by atoms with Crippen molar-refractivity contribution >= 4 is 5.78 Å². The Bertz CT molecular complexity index is 1190. The van der Waals surface area contributed by atoms with E-state index in [1.54, 1.807) is 36.4 Å². The third kappa shape index (κ3) is 2.91. The Morgan fingerprint density at radius 1 is 1.04 bits per heavy atom. The smallest absolute Gasteiger partial charge is 0.280 e. The van der Waals surface area contributed by atoms with Crippen molar-refractivity contribution in [3.63, 3.8) is 0 Å². The van der Waals surface area contributed by atoms with Crippen molar-refractivity contribution < 1.29 is 13.2 Å².